The molecule has 8 heteroatoms. The number of hydrogen-bond donors (Lipinski definition) is 1. The maximum absolute atomic E-state index is 12.7. The number of carbonyl (C=O) groups excluding carboxylic acids is 1. The minimum absolute atomic E-state index is 0.104. The first-order valence-electron chi connectivity index (χ1n) is 10.4. The Labute approximate surface area is 189 Å². The van der Waals surface area contributed by atoms with Crippen LogP contribution in [0.2, 0.25) is 0 Å². The second-order valence-corrected chi connectivity index (χ2v) is 8.38. The Kier molecular flexibility index (Phi) is 5.96. The Morgan fingerprint density at radius 3 is 2.81 bits per heavy atom. The van der Waals surface area contributed by atoms with Gasteiger partial charge in [-0.2, -0.15) is 16.3 Å². The van der Waals surface area contributed by atoms with E-state index in [1.807, 2.05) is 60.0 Å². The summed E-state index contributed by atoms with van der Waals surface area (Å²) in [5.41, 5.74) is 3.07. The van der Waals surface area contributed by atoms with Gasteiger partial charge in [0.1, 0.15) is 11.9 Å². The molecule has 1 atom stereocenters. The smallest absolute Gasteiger partial charge is 0.246 e. The fourth-order valence-electron chi connectivity index (χ4n) is 3.70. The molecule has 32 heavy (non-hydrogen) atoms. The maximum Gasteiger partial charge on any atom is 0.246 e. The Hall–Kier alpha value is -3.49. The van der Waals surface area contributed by atoms with Gasteiger partial charge in [-0.25, -0.2) is 0 Å². The van der Waals surface area contributed by atoms with Crippen LogP contribution in [0.25, 0.3) is 11.4 Å². The van der Waals surface area contributed by atoms with Gasteiger partial charge in [0.15, 0.2) is 0 Å². The minimum atomic E-state index is -0.123. The minimum Gasteiger partial charge on any atom is -0.484 e. The molecule has 5 rings (SSSR count). The van der Waals surface area contributed by atoms with E-state index in [4.69, 9.17) is 9.26 Å². The fraction of sp³-hybridized carbons (Fsp3) is 0.208. The molecular formula is C24H22N4O3S. The molecule has 0 bridgehead atoms. The number of aromatic nitrogens is 2. The van der Waals surface area contributed by atoms with Crippen molar-refractivity contribution >= 4 is 17.2 Å². The molecule has 0 saturated carbocycles. The van der Waals surface area contributed by atoms with Crippen LogP contribution in [0.15, 0.2) is 75.9 Å². The van der Waals surface area contributed by atoms with E-state index >= 15 is 0 Å². The van der Waals surface area contributed by atoms with E-state index in [9.17, 15) is 4.79 Å². The van der Waals surface area contributed by atoms with Crippen LogP contribution in [0.3, 0.4) is 0 Å². The van der Waals surface area contributed by atoms with Crippen molar-refractivity contribution in [2.75, 3.05) is 13.1 Å². The van der Waals surface area contributed by atoms with Crippen LogP contribution in [0, 0.1) is 0 Å². The number of hydrogen-bond acceptors (Lipinski definition) is 7. The highest BCUT2D eigenvalue weighted by Crippen LogP contribution is 2.31. The first-order chi connectivity index (χ1) is 15.7. The first-order valence-corrected chi connectivity index (χ1v) is 11.3. The van der Waals surface area contributed by atoms with Gasteiger partial charge in [-0.1, -0.05) is 53.7 Å². The second-order valence-electron chi connectivity index (χ2n) is 7.59. The van der Waals surface area contributed by atoms with Crippen molar-refractivity contribution in [1.29, 1.82) is 0 Å². The number of fused-ring (bicyclic) bond motifs is 1. The highest BCUT2D eigenvalue weighted by molar-refractivity contribution is 7.07. The Balaban J connectivity index is 1.23. The summed E-state index contributed by atoms with van der Waals surface area (Å²) in [6.45, 7) is 1.70. The van der Waals surface area contributed by atoms with Gasteiger partial charge in [-0.15, -0.1) is 0 Å². The number of nitrogens with zero attached hydrogens (tertiary/aromatic N) is 3. The van der Waals surface area contributed by atoms with Gasteiger partial charge in [-0.05, 0) is 22.9 Å². The third-order valence-electron chi connectivity index (χ3n) is 5.28. The molecular weight excluding hydrogens is 424 g/mol. The molecule has 1 amide bonds. The van der Waals surface area contributed by atoms with E-state index < -0.39 is 0 Å². The van der Waals surface area contributed by atoms with E-state index in [2.05, 4.69) is 31.8 Å². The monoisotopic (exact) mass is 446 g/mol. The van der Waals surface area contributed by atoms with E-state index in [-0.39, 0.29) is 25.1 Å². The lowest BCUT2D eigenvalue weighted by molar-refractivity contribution is -0.122. The van der Waals surface area contributed by atoms with Gasteiger partial charge < -0.3 is 14.6 Å². The maximum atomic E-state index is 12.7. The first kappa shape index (κ1) is 20.4. The summed E-state index contributed by atoms with van der Waals surface area (Å²) < 4.78 is 11.6. The van der Waals surface area contributed by atoms with Gasteiger partial charge in [0, 0.05) is 29.8 Å². The fourth-order valence-corrected chi connectivity index (χ4v) is 4.40. The summed E-state index contributed by atoms with van der Waals surface area (Å²) in [6, 6.07) is 19.6. The number of amides is 1. The highest BCUT2D eigenvalue weighted by atomic mass is 32.1. The van der Waals surface area contributed by atoms with Crippen molar-refractivity contribution in [2.45, 2.75) is 19.2 Å². The summed E-state index contributed by atoms with van der Waals surface area (Å²) in [5.74, 6) is 1.64. The lowest BCUT2D eigenvalue weighted by Crippen LogP contribution is -2.38. The Bertz CT molecular complexity index is 1180. The zero-order valence-electron chi connectivity index (χ0n) is 17.3. The van der Waals surface area contributed by atoms with Gasteiger partial charge in [0.05, 0.1) is 13.1 Å². The molecule has 0 radical (unpaired) electrons. The zero-order valence-corrected chi connectivity index (χ0v) is 18.1. The lowest BCUT2D eigenvalue weighted by Gasteiger charge is -2.23. The number of benzene rings is 2. The van der Waals surface area contributed by atoms with Crippen molar-refractivity contribution in [1.82, 2.24) is 20.4 Å². The Morgan fingerprint density at radius 1 is 1.12 bits per heavy atom. The van der Waals surface area contributed by atoms with Crippen LogP contribution in [0.4, 0.5) is 0 Å². The molecule has 2 aromatic carbocycles. The molecule has 0 aliphatic carbocycles. The standard InChI is InChI=1S/C24H22N4O3S/c29-22(25-12-23-26-24(27-31-23)17-6-2-1-3-7-17)15-28-13-18-8-4-5-9-20(18)30-21(14-28)19-10-11-32-16-19/h1-11,16,21H,12-15H2,(H,25,29). The molecule has 1 unspecified atom stereocenters. The van der Waals surface area contributed by atoms with Gasteiger partial charge in [0.25, 0.3) is 0 Å². The van der Waals surface area contributed by atoms with Crippen molar-refractivity contribution in [3.05, 3.63) is 88.4 Å². The number of ether oxygens (including phenoxy) is 1. The lowest BCUT2D eigenvalue weighted by atomic mass is 10.2. The van der Waals surface area contributed by atoms with E-state index in [1.165, 1.54) is 0 Å². The molecule has 0 fully saturated rings. The van der Waals surface area contributed by atoms with Crippen molar-refractivity contribution in [3.63, 3.8) is 0 Å². The predicted molar refractivity (Wildman–Crippen MR) is 121 cm³/mol. The van der Waals surface area contributed by atoms with Crippen LogP contribution in [-0.4, -0.2) is 34.0 Å². The molecule has 7 nitrogen and oxygen atoms in total. The van der Waals surface area contributed by atoms with E-state index in [0.29, 0.717) is 24.8 Å². The molecule has 0 saturated heterocycles. The molecule has 162 valence electrons. The van der Waals surface area contributed by atoms with Crippen LogP contribution >= 0.6 is 11.3 Å². The SMILES string of the molecule is O=C(CN1Cc2ccccc2OC(c2ccsc2)C1)NCc1nc(-c2ccccc2)no1. The number of carbonyl (C=O) groups is 1. The van der Waals surface area contributed by atoms with Crippen LogP contribution < -0.4 is 10.1 Å². The number of thiophene rings is 1. The normalized spacial score (nSPS) is 16.1. The van der Waals surface area contributed by atoms with Crippen LogP contribution in [-0.2, 0) is 17.9 Å². The number of para-hydroxylation sites is 1. The molecule has 1 aliphatic rings. The third-order valence-corrected chi connectivity index (χ3v) is 5.98. The van der Waals surface area contributed by atoms with Crippen LogP contribution in [0.5, 0.6) is 5.75 Å². The topological polar surface area (TPSA) is 80.5 Å². The summed E-state index contributed by atoms with van der Waals surface area (Å²) in [5, 5.41) is 11.0. The largest absolute Gasteiger partial charge is 0.484 e. The van der Waals surface area contributed by atoms with Gasteiger partial charge >= 0.3 is 0 Å². The molecule has 4 aromatic rings. The molecule has 3 heterocycles. The molecule has 1 N–H and O–H groups in total. The number of nitrogens with one attached hydrogen (secondary N) is 1. The predicted octanol–water partition coefficient (Wildman–Crippen LogP) is 4.05. The van der Waals surface area contributed by atoms with Crippen molar-refractivity contribution in [3.8, 4) is 17.1 Å². The Morgan fingerprint density at radius 2 is 1.97 bits per heavy atom. The van der Waals surface area contributed by atoms with Gasteiger partial charge in [0.2, 0.25) is 17.6 Å². The second kappa shape index (κ2) is 9.33. The summed E-state index contributed by atoms with van der Waals surface area (Å²) >= 11 is 1.64. The highest BCUT2D eigenvalue weighted by Gasteiger charge is 2.25. The van der Waals surface area contributed by atoms with Crippen LogP contribution in [0.1, 0.15) is 23.1 Å². The third kappa shape index (κ3) is 4.71. The van der Waals surface area contributed by atoms with Crippen molar-refractivity contribution < 1.29 is 14.1 Å². The molecule has 0 spiro atoms. The summed E-state index contributed by atoms with van der Waals surface area (Å²) in [4.78, 5) is 19.2. The summed E-state index contributed by atoms with van der Waals surface area (Å²) in [6.07, 6.45) is -0.123. The van der Waals surface area contributed by atoms with E-state index in [0.717, 1.165) is 22.4 Å². The quantitative estimate of drug-likeness (QED) is 0.481. The molecule has 1 aliphatic heterocycles. The number of rotatable bonds is 6. The average molecular weight is 447 g/mol. The molecule has 2 aromatic heterocycles. The zero-order chi connectivity index (χ0) is 21.8. The van der Waals surface area contributed by atoms with Gasteiger partial charge in [-0.3, -0.25) is 9.69 Å². The summed E-state index contributed by atoms with van der Waals surface area (Å²) in [7, 11) is 0. The average Bonchev–Trinajstić information content (AvgIpc) is 3.48. The van der Waals surface area contributed by atoms with Crippen molar-refractivity contribution in [2.24, 2.45) is 0 Å². The van der Waals surface area contributed by atoms with E-state index in [1.54, 1.807) is 11.3 Å².